The van der Waals surface area contributed by atoms with Crippen molar-refractivity contribution in [3.05, 3.63) is 23.3 Å². The van der Waals surface area contributed by atoms with Crippen LogP contribution in [0.2, 0.25) is 0 Å². The third-order valence-electron chi connectivity index (χ3n) is 2.34. The van der Waals surface area contributed by atoms with Gasteiger partial charge in [-0.1, -0.05) is 24.8 Å². The fourth-order valence-electron chi connectivity index (χ4n) is 1.46. The van der Waals surface area contributed by atoms with E-state index in [0.717, 1.165) is 5.57 Å². The molecule has 1 aliphatic rings. The van der Waals surface area contributed by atoms with Gasteiger partial charge in [-0.15, -0.1) is 12.8 Å². The van der Waals surface area contributed by atoms with E-state index in [1.165, 1.54) is 5.57 Å². The standard InChI is InChI=1S/C13H14O/c1-5-11(7-9(3)14)10(4)13-8-12(13)6-2/h1-2,7-10,12,14H,3-4H3/b11-7-/t9?,10?,12-/m1/s1. The molecule has 0 amide bonds. The first-order valence-electron chi connectivity index (χ1n) is 4.64. The molecule has 3 atom stereocenters. The highest BCUT2D eigenvalue weighted by molar-refractivity contribution is 5.47. The summed E-state index contributed by atoms with van der Waals surface area (Å²) in [7, 11) is 0. The summed E-state index contributed by atoms with van der Waals surface area (Å²) in [5, 5.41) is 9.20. The summed E-state index contributed by atoms with van der Waals surface area (Å²) in [5.74, 6) is 5.58. The maximum absolute atomic E-state index is 9.20. The summed E-state index contributed by atoms with van der Waals surface area (Å²) >= 11 is 0. The molecular formula is C13H14O. The predicted molar refractivity (Wildman–Crippen MR) is 58.2 cm³/mol. The topological polar surface area (TPSA) is 20.2 Å². The molecule has 1 N–H and O–H groups in total. The molecule has 1 aliphatic carbocycles. The average Bonchev–Trinajstić information content (AvgIpc) is 2.91. The molecule has 0 aromatic heterocycles. The lowest BCUT2D eigenvalue weighted by Gasteiger charge is -2.09. The molecule has 1 nitrogen and oxygen atoms in total. The highest BCUT2D eigenvalue weighted by atomic mass is 16.3. The van der Waals surface area contributed by atoms with E-state index in [1.807, 2.05) is 13.0 Å². The smallest absolute Gasteiger partial charge is 0.0704 e. The first-order chi connectivity index (χ1) is 6.60. The number of aliphatic hydroxyl groups is 1. The highest BCUT2D eigenvalue weighted by Crippen LogP contribution is 2.38. The molecule has 0 fully saturated rings. The minimum absolute atomic E-state index is 0.163. The number of terminal acetylenes is 2. The summed E-state index contributed by atoms with van der Waals surface area (Å²) in [6.45, 7) is 3.70. The van der Waals surface area contributed by atoms with Crippen LogP contribution in [-0.2, 0) is 0 Å². The molecule has 0 radical (unpaired) electrons. The maximum atomic E-state index is 9.20. The van der Waals surface area contributed by atoms with Crippen LogP contribution in [0, 0.1) is 36.5 Å². The van der Waals surface area contributed by atoms with Gasteiger partial charge in [-0.2, -0.15) is 0 Å². The van der Waals surface area contributed by atoms with E-state index in [2.05, 4.69) is 11.8 Å². The quantitative estimate of drug-likeness (QED) is 0.526. The molecule has 0 aromatic carbocycles. The maximum Gasteiger partial charge on any atom is 0.0704 e. The van der Waals surface area contributed by atoms with Crippen LogP contribution in [0.4, 0.5) is 0 Å². The molecule has 0 saturated heterocycles. The Morgan fingerprint density at radius 1 is 1.57 bits per heavy atom. The first kappa shape index (κ1) is 10.6. The van der Waals surface area contributed by atoms with Crippen LogP contribution in [0.5, 0.6) is 0 Å². The summed E-state index contributed by atoms with van der Waals surface area (Å²) in [4.78, 5) is 0. The molecule has 0 saturated carbocycles. The normalized spacial score (nSPS) is 24.2. The molecule has 0 heterocycles. The van der Waals surface area contributed by atoms with Gasteiger partial charge in [0.05, 0.1) is 12.0 Å². The molecule has 72 valence electrons. The highest BCUT2D eigenvalue weighted by Gasteiger charge is 2.28. The third-order valence-corrected chi connectivity index (χ3v) is 2.34. The largest absolute Gasteiger partial charge is 0.389 e. The molecule has 1 heteroatoms. The van der Waals surface area contributed by atoms with Gasteiger partial charge in [-0.3, -0.25) is 0 Å². The van der Waals surface area contributed by atoms with Crippen LogP contribution in [0.1, 0.15) is 13.8 Å². The van der Waals surface area contributed by atoms with Gasteiger partial charge in [0, 0.05) is 11.5 Å². The van der Waals surface area contributed by atoms with E-state index in [1.54, 1.807) is 13.0 Å². The second-order valence-corrected chi connectivity index (χ2v) is 3.54. The Morgan fingerprint density at radius 3 is 2.57 bits per heavy atom. The number of allylic oxidation sites excluding steroid dienone is 3. The summed E-state index contributed by atoms with van der Waals surface area (Å²) in [6.07, 6.45) is 13.9. The van der Waals surface area contributed by atoms with E-state index >= 15 is 0 Å². The lowest BCUT2D eigenvalue weighted by Crippen LogP contribution is -2.03. The van der Waals surface area contributed by atoms with Crippen molar-refractivity contribution in [3.63, 3.8) is 0 Å². The van der Waals surface area contributed by atoms with E-state index in [-0.39, 0.29) is 11.8 Å². The van der Waals surface area contributed by atoms with Gasteiger partial charge in [0.2, 0.25) is 0 Å². The third kappa shape index (κ3) is 2.28. The average molecular weight is 186 g/mol. The van der Waals surface area contributed by atoms with Gasteiger partial charge < -0.3 is 5.11 Å². The molecule has 0 aromatic rings. The number of hydrogen-bond acceptors (Lipinski definition) is 1. The number of aliphatic hydroxyl groups excluding tert-OH is 1. The van der Waals surface area contributed by atoms with Crippen molar-refractivity contribution >= 4 is 0 Å². The van der Waals surface area contributed by atoms with Crippen LogP contribution in [0.3, 0.4) is 0 Å². The SMILES string of the molecule is C#C/C(=C/C(C)O)C(C)C1=C[C@H]1C#C. The first-order valence-corrected chi connectivity index (χ1v) is 4.64. The molecule has 0 spiro atoms. The Labute approximate surface area is 85.5 Å². The number of rotatable bonds is 3. The minimum atomic E-state index is -0.507. The monoisotopic (exact) mass is 186 g/mol. The molecule has 0 bridgehead atoms. The van der Waals surface area contributed by atoms with Gasteiger partial charge in [-0.05, 0) is 18.6 Å². The summed E-state index contributed by atoms with van der Waals surface area (Å²) in [5.41, 5.74) is 2.00. The van der Waals surface area contributed by atoms with E-state index in [9.17, 15) is 5.11 Å². The molecule has 14 heavy (non-hydrogen) atoms. The lowest BCUT2D eigenvalue weighted by atomic mass is 9.95. The fraction of sp³-hybridized carbons (Fsp3) is 0.385. The summed E-state index contributed by atoms with van der Waals surface area (Å²) in [6, 6.07) is 0. The van der Waals surface area contributed by atoms with Crippen molar-refractivity contribution in [1.82, 2.24) is 0 Å². The second-order valence-electron chi connectivity index (χ2n) is 3.54. The Hall–Kier alpha value is -1.44. The van der Waals surface area contributed by atoms with Gasteiger partial charge in [0.25, 0.3) is 0 Å². The molecule has 1 rings (SSSR count). The summed E-state index contributed by atoms with van der Waals surface area (Å²) < 4.78 is 0. The van der Waals surface area contributed by atoms with Crippen molar-refractivity contribution in [1.29, 1.82) is 0 Å². The minimum Gasteiger partial charge on any atom is -0.389 e. The van der Waals surface area contributed by atoms with E-state index < -0.39 is 6.10 Å². The van der Waals surface area contributed by atoms with Crippen molar-refractivity contribution in [2.45, 2.75) is 20.0 Å². The van der Waals surface area contributed by atoms with Gasteiger partial charge in [-0.25, -0.2) is 0 Å². The zero-order valence-corrected chi connectivity index (χ0v) is 8.49. The fourth-order valence-corrected chi connectivity index (χ4v) is 1.46. The van der Waals surface area contributed by atoms with E-state index in [4.69, 9.17) is 12.8 Å². The predicted octanol–water partition coefficient (Wildman–Crippen LogP) is 1.75. The Balaban J connectivity index is 2.70. The molecular weight excluding hydrogens is 172 g/mol. The Bertz CT molecular complexity index is 358. The van der Waals surface area contributed by atoms with Crippen LogP contribution in [0.15, 0.2) is 23.3 Å². The zero-order chi connectivity index (χ0) is 10.7. The van der Waals surface area contributed by atoms with Crippen molar-refractivity contribution in [2.75, 3.05) is 0 Å². The van der Waals surface area contributed by atoms with E-state index in [0.29, 0.717) is 0 Å². The van der Waals surface area contributed by atoms with Crippen LogP contribution in [0.25, 0.3) is 0 Å². The van der Waals surface area contributed by atoms with Crippen LogP contribution in [-0.4, -0.2) is 11.2 Å². The van der Waals surface area contributed by atoms with Gasteiger partial charge >= 0.3 is 0 Å². The van der Waals surface area contributed by atoms with Crippen molar-refractivity contribution in [2.24, 2.45) is 11.8 Å². The number of hydrogen-bond donors (Lipinski definition) is 1. The molecule has 2 unspecified atom stereocenters. The second kappa shape index (κ2) is 4.18. The van der Waals surface area contributed by atoms with Crippen molar-refractivity contribution < 1.29 is 5.11 Å². The molecule has 0 aliphatic heterocycles. The van der Waals surface area contributed by atoms with Crippen molar-refractivity contribution in [3.8, 4) is 24.7 Å². The van der Waals surface area contributed by atoms with Crippen LogP contribution < -0.4 is 0 Å². The van der Waals surface area contributed by atoms with Crippen LogP contribution >= 0.6 is 0 Å². The Kier molecular flexibility index (Phi) is 3.18. The zero-order valence-electron chi connectivity index (χ0n) is 8.49. The lowest BCUT2D eigenvalue weighted by molar-refractivity contribution is 0.243. The Morgan fingerprint density at radius 2 is 2.21 bits per heavy atom. The van der Waals surface area contributed by atoms with Gasteiger partial charge in [0.15, 0.2) is 0 Å². The van der Waals surface area contributed by atoms with Gasteiger partial charge in [0.1, 0.15) is 0 Å².